The summed E-state index contributed by atoms with van der Waals surface area (Å²) in [5.41, 5.74) is 0.186. The molecule has 0 amide bonds. The van der Waals surface area contributed by atoms with E-state index in [9.17, 15) is 5.11 Å². The zero-order valence-electron chi connectivity index (χ0n) is 11.1. The van der Waals surface area contributed by atoms with E-state index in [4.69, 9.17) is 0 Å². The number of nitrogens with zero attached hydrogens (tertiary/aromatic N) is 1. The summed E-state index contributed by atoms with van der Waals surface area (Å²) >= 11 is 0. The second-order valence-corrected chi connectivity index (χ2v) is 5.31. The lowest BCUT2D eigenvalue weighted by molar-refractivity contribution is 0.112. The minimum absolute atomic E-state index is 0.186. The van der Waals surface area contributed by atoms with E-state index in [1.165, 1.54) is 12.8 Å². The Labute approximate surface area is 100 Å². The highest BCUT2D eigenvalue weighted by molar-refractivity contribution is 4.82. The maximum absolute atomic E-state index is 9.96. The molecule has 16 heavy (non-hydrogen) atoms. The van der Waals surface area contributed by atoms with Crippen LogP contribution in [0.1, 0.15) is 46.5 Å². The van der Waals surface area contributed by atoms with Crippen LogP contribution in [0.15, 0.2) is 0 Å². The van der Waals surface area contributed by atoms with Crippen molar-refractivity contribution in [1.29, 1.82) is 0 Å². The molecule has 0 aliphatic carbocycles. The highest BCUT2D eigenvalue weighted by Crippen LogP contribution is 2.13. The minimum Gasteiger partial charge on any atom is -0.390 e. The zero-order chi connectivity index (χ0) is 12.0. The van der Waals surface area contributed by atoms with Gasteiger partial charge in [-0.05, 0) is 45.7 Å². The van der Waals surface area contributed by atoms with E-state index in [1.807, 2.05) is 0 Å². The number of aliphatic hydroxyl groups excluding tert-OH is 1. The van der Waals surface area contributed by atoms with E-state index < -0.39 is 0 Å². The Morgan fingerprint density at radius 3 is 2.31 bits per heavy atom. The highest BCUT2D eigenvalue weighted by atomic mass is 16.3. The first-order chi connectivity index (χ1) is 7.59. The molecule has 0 aromatic heterocycles. The molecule has 0 spiro atoms. The Hall–Kier alpha value is -0.120. The van der Waals surface area contributed by atoms with E-state index in [0.29, 0.717) is 6.54 Å². The van der Waals surface area contributed by atoms with Crippen molar-refractivity contribution in [2.45, 2.75) is 58.1 Å². The van der Waals surface area contributed by atoms with Crippen molar-refractivity contribution in [2.24, 2.45) is 0 Å². The molecule has 3 nitrogen and oxygen atoms in total. The second-order valence-electron chi connectivity index (χ2n) is 5.31. The molecule has 1 unspecified atom stereocenters. The van der Waals surface area contributed by atoms with Gasteiger partial charge in [-0.1, -0.05) is 13.8 Å². The molecular weight excluding hydrogens is 200 g/mol. The van der Waals surface area contributed by atoms with Crippen LogP contribution in [-0.4, -0.2) is 47.8 Å². The van der Waals surface area contributed by atoms with Gasteiger partial charge in [0.25, 0.3) is 0 Å². The zero-order valence-corrected chi connectivity index (χ0v) is 11.1. The van der Waals surface area contributed by atoms with Gasteiger partial charge in [-0.3, -0.25) is 0 Å². The van der Waals surface area contributed by atoms with Gasteiger partial charge < -0.3 is 15.3 Å². The molecule has 1 rings (SSSR count). The molecule has 1 heterocycles. The quantitative estimate of drug-likeness (QED) is 0.695. The molecule has 1 atom stereocenters. The molecule has 0 bridgehead atoms. The van der Waals surface area contributed by atoms with Crippen LogP contribution in [0.5, 0.6) is 0 Å². The van der Waals surface area contributed by atoms with E-state index in [1.54, 1.807) is 0 Å². The topological polar surface area (TPSA) is 35.5 Å². The van der Waals surface area contributed by atoms with Crippen molar-refractivity contribution in [3.8, 4) is 0 Å². The van der Waals surface area contributed by atoms with E-state index in [0.717, 1.165) is 32.5 Å². The molecule has 1 saturated heterocycles. The van der Waals surface area contributed by atoms with Gasteiger partial charge >= 0.3 is 0 Å². The molecular formula is C13H28N2O. The fraction of sp³-hybridized carbons (Fsp3) is 1.00. The van der Waals surface area contributed by atoms with Gasteiger partial charge in [-0.15, -0.1) is 0 Å². The van der Waals surface area contributed by atoms with Gasteiger partial charge in [0.2, 0.25) is 0 Å². The Morgan fingerprint density at radius 1 is 1.25 bits per heavy atom. The normalized spacial score (nSPS) is 20.2. The monoisotopic (exact) mass is 228 g/mol. The first-order valence-electron chi connectivity index (χ1n) is 6.75. The number of aliphatic hydroxyl groups is 1. The molecule has 0 aromatic carbocycles. The molecule has 1 fully saturated rings. The summed E-state index contributed by atoms with van der Waals surface area (Å²) in [6.07, 6.45) is 4.58. The number of hydrogen-bond acceptors (Lipinski definition) is 3. The smallest absolute Gasteiger partial charge is 0.0791 e. The Morgan fingerprint density at radius 2 is 1.81 bits per heavy atom. The summed E-state index contributed by atoms with van der Waals surface area (Å²) in [7, 11) is 0. The molecule has 2 N–H and O–H groups in total. The van der Waals surface area contributed by atoms with Crippen molar-refractivity contribution in [3.05, 3.63) is 0 Å². The first kappa shape index (κ1) is 13.9. The van der Waals surface area contributed by atoms with Crippen LogP contribution in [0.3, 0.4) is 0 Å². The number of nitrogens with one attached hydrogen (secondary N) is 1. The maximum Gasteiger partial charge on any atom is 0.0791 e. The van der Waals surface area contributed by atoms with Crippen molar-refractivity contribution >= 4 is 0 Å². The van der Waals surface area contributed by atoms with Gasteiger partial charge in [0.1, 0.15) is 0 Å². The van der Waals surface area contributed by atoms with Crippen LogP contribution in [0.4, 0.5) is 0 Å². The van der Waals surface area contributed by atoms with Crippen LogP contribution < -0.4 is 5.32 Å². The molecule has 0 radical (unpaired) electrons. The molecule has 96 valence electrons. The molecule has 1 aliphatic heterocycles. The fourth-order valence-electron chi connectivity index (χ4n) is 2.19. The minimum atomic E-state index is -0.226. The van der Waals surface area contributed by atoms with Gasteiger partial charge in [0.05, 0.1) is 6.10 Å². The van der Waals surface area contributed by atoms with Gasteiger partial charge in [0.15, 0.2) is 0 Å². The van der Waals surface area contributed by atoms with Crippen molar-refractivity contribution in [3.63, 3.8) is 0 Å². The van der Waals surface area contributed by atoms with Crippen LogP contribution in [-0.2, 0) is 0 Å². The van der Waals surface area contributed by atoms with Crippen LogP contribution in [0, 0.1) is 0 Å². The molecule has 1 aliphatic rings. The Bertz CT molecular complexity index is 186. The fourth-order valence-corrected chi connectivity index (χ4v) is 2.19. The third-order valence-corrected chi connectivity index (χ3v) is 3.99. The second kappa shape index (κ2) is 6.58. The van der Waals surface area contributed by atoms with Crippen molar-refractivity contribution in [2.75, 3.05) is 26.2 Å². The number of likely N-dealkylation sites (tertiary alicyclic amines) is 1. The van der Waals surface area contributed by atoms with Crippen molar-refractivity contribution in [1.82, 2.24) is 10.2 Å². The van der Waals surface area contributed by atoms with Gasteiger partial charge in [0, 0.05) is 18.6 Å². The van der Waals surface area contributed by atoms with Crippen LogP contribution in [0.25, 0.3) is 0 Å². The van der Waals surface area contributed by atoms with Crippen LogP contribution >= 0.6 is 0 Å². The summed E-state index contributed by atoms with van der Waals surface area (Å²) in [6, 6.07) is 0. The first-order valence-corrected chi connectivity index (χ1v) is 6.75. The van der Waals surface area contributed by atoms with E-state index >= 15 is 0 Å². The lowest BCUT2D eigenvalue weighted by Crippen LogP contribution is -2.47. The summed E-state index contributed by atoms with van der Waals surface area (Å²) in [5, 5.41) is 13.5. The lowest BCUT2D eigenvalue weighted by atomic mass is 9.95. The Kier molecular flexibility index (Phi) is 5.73. The van der Waals surface area contributed by atoms with Gasteiger partial charge in [-0.2, -0.15) is 0 Å². The van der Waals surface area contributed by atoms with Gasteiger partial charge in [-0.25, -0.2) is 0 Å². The standard InChI is InChI=1S/C13H28N2O/c1-4-13(3,5-2)14-10-12(16)11-15-8-6-7-9-15/h12,14,16H,4-11H2,1-3H3. The van der Waals surface area contributed by atoms with Crippen LogP contribution in [0.2, 0.25) is 0 Å². The highest BCUT2D eigenvalue weighted by Gasteiger charge is 2.21. The maximum atomic E-state index is 9.96. The largest absolute Gasteiger partial charge is 0.390 e. The SMILES string of the molecule is CCC(C)(CC)NCC(O)CN1CCCC1. The number of hydrogen-bond donors (Lipinski definition) is 2. The van der Waals surface area contributed by atoms with Crippen molar-refractivity contribution < 1.29 is 5.11 Å². The third kappa shape index (κ3) is 4.40. The lowest BCUT2D eigenvalue weighted by Gasteiger charge is -2.30. The predicted octanol–water partition coefficient (Wildman–Crippen LogP) is 1.61. The van der Waals surface area contributed by atoms with E-state index in [2.05, 4.69) is 31.0 Å². The summed E-state index contributed by atoms with van der Waals surface area (Å²) in [5.74, 6) is 0. The Balaban J connectivity index is 2.20. The molecule has 0 saturated carbocycles. The predicted molar refractivity (Wildman–Crippen MR) is 68.7 cm³/mol. The third-order valence-electron chi connectivity index (χ3n) is 3.99. The average molecular weight is 228 g/mol. The molecule has 3 heteroatoms. The van der Waals surface area contributed by atoms with E-state index in [-0.39, 0.29) is 11.6 Å². The number of rotatable bonds is 7. The summed E-state index contributed by atoms with van der Waals surface area (Å²) in [4.78, 5) is 2.36. The summed E-state index contributed by atoms with van der Waals surface area (Å²) < 4.78 is 0. The number of β-amino-alcohol motifs (C(OH)–C–C–N with tert-alkyl or cyclic N) is 1. The molecule has 0 aromatic rings. The summed E-state index contributed by atoms with van der Waals surface area (Å²) in [6.45, 7) is 10.5. The average Bonchev–Trinajstić information content (AvgIpc) is 2.79.